The highest BCUT2D eigenvalue weighted by Crippen LogP contribution is 2.15. The van der Waals surface area contributed by atoms with Crippen LogP contribution in [0.3, 0.4) is 0 Å². The molecule has 6 heteroatoms. The van der Waals surface area contributed by atoms with Crippen LogP contribution < -0.4 is 10.6 Å². The fraction of sp³-hybridized carbons (Fsp3) is 0.930. The zero-order valence-electron chi connectivity index (χ0n) is 33.1. The van der Waals surface area contributed by atoms with Crippen molar-refractivity contribution in [2.75, 3.05) is 32.7 Å². The normalized spacial score (nSPS) is 11.1. The average molecular weight is 689 g/mol. The fourth-order valence-corrected chi connectivity index (χ4v) is 6.73. The molecule has 288 valence electrons. The summed E-state index contributed by atoms with van der Waals surface area (Å²) in [4.78, 5) is 27.4. The molecule has 0 aliphatic heterocycles. The first-order valence-electron chi connectivity index (χ1n) is 21.8. The second-order valence-electron chi connectivity index (χ2n) is 14.8. The number of hydrogen-bond acceptors (Lipinski definition) is 4. The van der Waals surface area contributed by atoms with Gasteiger partial charge < -0.3 is 15.5 Å². The predicted octanol–water partition coefficient (Wildman–Crippen LogP) is 12.0. The van der Waals surface area contributed by atoms with Crippen molar-refractivity contribution in [1.82, 2.24) is 15.5 Å². The van der Waals surface area contributed by atoms with E-state index in [1.165, 1.54) is 167 Å². The minimum Gasteiger partial charge on any atom is -0.354 e. The number of rotatable bonds is 40. The lowest BCUT2D eigenvalue weighted by molar-refractivity contribution is -0.131. The highest BCUT2D eigenvalue weighted by atomic mass is 16.2. The van der Waals surface area contributed by atoms with Crippen LogP contribution in [0, 0.1) is 11.3 Å². The van der Waals surface area contributed by atoms with Gasteiger partial charge in [0.05, 0.1) is 6.07 Å². The highest BCUT2D eigenvalue weighted by Gasteiger charge is 2.13. The van der Waals surface area contributed by atoms with Crippen LogP contribution in [-0.2, 0) is 9.59 Å². The van der Waals surface area contributed by atoms with Gasteiger partial charge in [-0.15, -0.1) is 0 Å². The number of unbranched alkanes of at least 4 members (excludes halogenated alkanes) is 28. The van der Waals surface area contributed by atoms with Crippen LogP contribution in [0.4, 0.5) is 0 Å². The molecular weight excluding hydrogens is 604 g/mol. The molecule has 0 aromatic heterocycles. The van der Waals surface area contributed by atoms with E-state index in [0.29, 0.717) is 52.0 Å². The Morgan fingerprint density at radius 2 is 0.816 bits per heavy atom. The summed E-state index contributed by atoms with van der Waals surface area (Å²) < 4.78 is 0. The molecule has 0 aromatic rings. The lowest BCUT2D eigenvalue weighted by Gasteiger charge is -2.23. The molecule has 0 aliphatic rings. The maximum absolute atomic E-state index is 13.0. The Kier molecular flexibility index (Phi) is 39.5. The number of nitrogens with one attached hydrogen (secondary N) is 2. The predicted molar refractivity (Wildman–Crippen MR) is 212 cm³/mol. The fourth-order valence-electron chi connectivity index (χ4n) is 6.73. The second kappa shape index (κ2) is 40.8. The van der Waals surface area contributed by atoms with Crippen LogP contribution in [0.5, 0.6) is 0 Å². The average Bonchev–Trinajstić information content (AvgIpc) is 3.10. The molecule has 0 bridgehead atoms. The molecule has 0 aliphatic carbocycles. The van der Waals surface area contributed by atoms with Crippen molar-refractivity contribution in [1.29, 1.82) is 5.26 Å². The summed E-state index contributed by atoms with van der Waals surface area (Å²) in [6.45, 7) is 7.58. The Balaban J connectivity index is 3.90. The maximum Gasteiger partial charge on any atom is 0.222 e. The molecule has 0 saturated heterocycles. The van der Waals surface area contributed by atoms with E-state index in [0.717, 1.165) is 25.7 Å². The first kappa shape index (κ1) is 47.4. The van der Waals surface area contributed by atoms with Crippen LogP contribution in [0.25, 0.3) is 0 Å². The Bertz CT molecular complexity index is 738. The molecule has 0 fully saturated rings. The maximum atomic E-state index is 13.0. The van der Waals surface area contributed by atoms with Crippen LogP contribution in [0.2, 0.25) is 0 Å². The quantitative estimate of drug-likeness (QED) is 0.0627. The first-order chi connectivity index (χ1) is 24.2. The van der Waals surface area contributed by atoms with E-state index in [1.54, 1.807) is 0 Å². The van der Waals surface area contributed by atoms with Crippen molar-refractivity contribution in [3.05, 3.63) is 0 Å². The largest absolute Gasteiger partial charge is 0.354 e. The van der Waals surface area contributed by atoms with Gasteiger partial charge in [0.25, 0.3) is 0 Å². The smallest absolute Gasteiger partial charge is 0.222 e. The molecule has 0 atom stereocenters. The molecule has 6 nitrogen and oxygen atoms in total. The second-order valence-corrected chi connectivity index (χ2v) is 14.8. The van der Waals surface area contributed by atoms with Gasteiger partial charge in [0.2, 0.25) is 11.8 Å². The van der Waals surface area contributed by atoms with E-state index in [4.69, 9.17) is 5.26 Å². The molecule has 0 rings (SSSR count). The zero-order valence-corrected chi connectivity index (χ0v) is 33.1. The van der Waals surface area contributed by atoms with Crippen molar-refractivity contribution in [3.8, 4) is 6.07 Å². The van der Waals surface area contributed by atoms with E-state index in [1.807, 2.05) is 4.90 Å². The van der Waals surface area contributed by atoms with Gasteiger partial charge >= 0.3 is 0 Å². The van der Waals surface area contributed by atoms with Gasteiger partial charge in [0.1, 0.15) is 0 Å². The number of carbonyl (C=O) groups excluding carboxylic acids is 2. The molecule has 0 radical (unpaired) electrons. The van der Waals surface area contributed by atoms with E-state index in [2.05, 4.69) is 30.6 Å². The Labute approximate surface area is 306 Å². The minimum atomic E-state index is 0.108. The summed E-state index contributed by atoms with van der Waals surface area (Å²) in [5, 5.41) is 15.1. The summed E-state index contributed by atoms with van der Waals surface area (Å²) in [6, 6.07) is 2.15. The molecule has 0 spiro atoms. The van der Waals surface area contributed by atoms with Crippen LogP contribution in [0.1, 0.15) is 226 Å². The van der Waals surface area contributed by atoms with Crippen molar-refractivity contribution in [3.63, 3.8) is 0 Å². The molecule has 0 unspecified atom stereocenters. The Morgan fingerprint density at radius 3 is 1.20 bits per heavy atom. The number of hydrogen-bond donors (Lipinski definition) is 2. The SMILES string of the molecule is CCCCCCCCCCCCCCCCCC(=O)NCCN(CCNCCC#N)C(=O)CCCCCCCCCCCCCCCCC. The third kappa shape index (κ3) is 37.5. The van der Waals surface area contributed by atoms with Gasteiger partial charge in [0.15, 0.2) is 0 Å². The third-order valence-electron chi connectivity index (χ3n) is 10.0. The Morgan fingerprint density at radius 1 is 0.469 bits per heavy atom. The van der Waals surface area contributed by atoms with Gasteiger partial charge in [-0.1, -0.05) is 194 Å². The summed E-state index contributed by atoms with van der Waals surface area (Å²) in [7, 11) is 0. The minimum absolute atomic E-state index is 0.108. The van der Waals surface area contributed by atoms with Crippen LogP contribution in [0.15, 0.2) is 0 Å². The summed E-state index contributed by atoms with van der Waals surface area (Å²) in [6.07, 6.45) is 41.3. The lowest BCUT2D eigenvalue weighted by atomic mass is 10.0. The zero-order chi connectivity index (χ0) is 35.7. The Hall–Kier alpha value is -1.61. The molecule has 0 saturated carbocycles. The molecular formula is C43H84N4O2. The summed E-state index contributed by atoms with van der Waals surface area (Å²) in [5.74, 6) is 0.296. The standard InChI is InChI=1S/C43H84N4O2/c1-3-5-7-9-11-13-15-17-19-21-23-25-27-29-31-34-42(48)46-39-41-47(40-38-45-37-33-36-44)43(49)35-32-30-28-26-24-22-20-18-16-14-12-10-8-6-4-2/h45H,3-35,37-41H2,1-2H3,(H,46,48). The third-order valence-corrected chi connectivity index (χ3v) is 10.0. The molecule has 2 amide bonds. The van der Waals surface area contributed by atoms with Crippen molar-refractivity contribution < 1.29 is 9.59 Å². The molecule has 0 heterocycles. The van der Waals surface area contributed by atoms with Gasteiger partial charge in [-0.3, -0.25) is 9.59 Å². The molecule has 2 N–H and O–H groups in total. The van der Waals surface area contributed by atoms with Gasteiger partial charge in [-0.05, 0) is 12.8 Å². The van der Waals surface area contributed by atoms with E-state index in [-0.39, 0.29) is 11.8 Å². The first-order valence-corrected chi connectivity index (χ1v) is 21.8. The van der Waals surface area contributed by atoms with Crippen molar-refractivity contribution in [2.45, 2.75) is 226 Å². The summed E-state index contributed by atoms with van der Waals surface area (Å²) in [5.41, 5.74) is 0. The van der Waals surface area contributed by atoms with Crippen molar-refractivity contribution >= 4 is 11.8 Å². The number of amides is 2. The number of carbonyl (C=O) groups is 2. The summed E-state index contributed by atoms with van der Waals surface area (Å²) >= 11 is 0. The van der Waals surface area contributed by atoms with Gasteiger partial charge in [-0.2, -0.15) is 5.26 Å². The van der Waals surface area contributed by atoms with Crippen LogP contribution in [-0.4, -0.2) is 49.4 Å². The number of nitriles is 1. The van der Waals surface area contributed by atoms with Gasteiger partial charge in [-0.25, -0.2) is 0 Å². The van der Waals surface area contributed by atoms with Crippen LogP contribution >= 0.6 is 0 Å². The number of nitrogens with zero attached hydrogens (tertiary/aromatic N) is 2. The highest BCUT2D eigenvalue weighted by molar-refractivity contribution is 5.77. The topological polar surface area (TPSA) is 85.2 Å². The van der Waals surface area contributed by atoms with E-state index < -0.39 is 0 Å². The lowest BCUT2D eigenvalue weighted by Crippen LogP contribution is -2.42. The van der Waals surface area contributed by atoms with E-state index in [9.17, 15) is 9.59 Å². The monoisotopic (exact) mass is 689 g/mol. The molecule has 0 aromatic carbocycles. The molecule has 49 heavy (non-hydrogen) atoms. The van der Waals surface area contributed by atoms with Crippen molar-refractivity contribution in [2.24, 2.45) is 0 Å². The van der Waals surface area contributed by atoms with Gasteiger partial charge in [0, 0.05) is 52.0 Å². The van der Waals surface area contributed by atoms with E-state index >= 15 is 0 Å².